The zero-order chi connectivity index (χ0) is 11.5. The lowest BCUT2D eigenvalue weighted by Gasteiger charge is -2.11. The van der Waals surface area contributed by atoms with Crippen molar-refractivity contribution in [3.8, 4) is 5.75 Å². The van der Waals surface area contributed by atoms with E-state index in [9.17, 15) is 5.11 Å². The van der Waals surface area contributed by atoms with Crippen LogP contribution in [-0.4, -0.2) is 23.7 Å². The molecule has 0 fully saturated rings. The molecule has 1 atom stereocenters. The summed E-state index contributed by atoms with van der Waals surface area (Å²) in [4.78, 5) is 4.23. The van der Waals surface area contributed by atoms with Crippen LogP contribution in [0.1, 0.15) is 11.7 Å². The fraction of sp³-hybridized carbons (Fsp3) is 0.250. The second-order valence-electron chi connectivity index (χ2n) is 3.53. The molecule has 1 aromatic heterocycles. The summed E-state index contributed by atoms with van der Waals surface area (Å²) >= 11 is 0. The maximum atomic E-state index is 9.80. The molecule has 4 nitrogen and oxygen atoms in total. The monoisotopic (exact) mass is 218 g/mol. The van der Waals surface area contributed by atoms with Crippen LogP contribution in [0, 0.1) is 0 Å². The van der Waals surface area contributed by atoms with Crippen LogP contribution in [0.3, 0.4) is 0 Å². The summed E-state index contributed by atoms with van der Waals surface area (Å²) in [6.07, 6.45) is 1.00. The normalized spacial score (nSPS) is 12.7. The second-order valence-corrected chi connectivity index (χ2v) is 3.53. The summed E-state index contributed by atoms with van der Waals surface area (Å²) in [6.45, 7) is 0.191. The predicted octanol–water partition coefficient (Wildman–Crippen LogP) is 1.24. The number of nitrogens with zero attached hydrogens (tertiary/aromatic N) is 1. The number of hydrogen-bond acceptors (Lipinski definition) is 4. The highest BCUT2D eigenvalue weighted by Crippen LogP contribution is 2.25. The number of aliphatic hydroxyl groups is 1. The van der Waals surface area contributed by atoms with Gasteiger partial charge in [0.1, 0.15) is 5.75 Å². The number of methoxy groups -OCH3 is 1. The molecule has 16 heavy (non-hydrogen) atoms. The predicted molar refractivity (Wildman–Crippen MR) is 62.3 cm³/mol. The minimum atomic E-state index is -0.669. The standard InChI is InChI=1S/C12H14N2O2/c1-16-8-2-3-11-10(6-8)9(4-5-14-11)12(15)7-13/h2-6,12,15H,7,13H2,1H3. The minimum Gasteiger partial charge on any atom is -0.497 e. The molecule has 0 aliphatic carbocycles. The van der Waals surface area contributed by atoms with Gasteiger partial charge < -0.3 is 15.6 Å². The maximum Gasteiger partial charge on any atom is 0.119 e. The lowest BCUT2D eigenvalue weighted by atomic mass is 10.0. The fourth-order valence-corrected chi connectivity index (χ4v) is 1.69. The number of aromatic nitrogens is 1. The molecule has 0 spiro atoms. The lowest BCUT2D eigenvalue weighted by Crippen LogP contribution is -2.12. The van der Waals surface area contributed by atoms with Crippen LogP contribution in [0.15, 0.2) is 30.5 Å². The third kappa shape index (κ3) is 1.85. The Hall–Kier alpha value is -1.65. The number of nitrogens with two attached hydrogens (primary N) is 1. The SMILES string of the molecule is COc1ccc2nccc(C(O)CN)c2c1. The number of aliphatic hydroxyl groups excluding tert-OH is 1. The first-order valence-electron chi connectivity index (χ1n) is 5.07. The van der Waals surface area contributed by atoms with E-state index in [-0.39, 0.29) is 6.54 Å². The average Bonchev–Trinajstić information content (AvgIpc) is 2.36. The Morgan fingerprint density at radius 3 is 2.94 bits per heavy atom. The van der Waals surface area contributed by atoms with Gasteiger partial charge in [-0.25, -0.2) is 0 Å². The Balaban J connectivity index is 2.64. The maximum absolute atomic E-state index is 9.80. The van der Waals surface area contributed by atoms with Crippen molar-refractivity contribution in [2.24, 2.45) is 5.73 Å². The van der Waals surface area contributed by atoms with Gasteiger partial charge >= 0.3 is 0 Å². The quantitative estimate of drug-likeness (QED) is 0.813. The number of fused-ring (bicyclic) bond motifs is 1. The summed E-state index contributed by atoms with van der Waals surface area (Å²) in [6, 6.07) is 7.34. The van der Waals surface area contributed by atoms with Gasteiger partial charge in [0, 0.05) is 18.1 Å². The fourth-order valence-electron chi connectivity index (χ4n) is 1.69. The highest BCUT2D eigenvalue weighted by atomic mass is 16.5. The van der Waals surface area contributed by atoms with Gasteiger partial charge in [-0.2, -0.15) is 0 Å². The van der Waals surface area contributed by atoms with Gasteiger partial charge in [-0.1, -0.05) is 0 Å². The van der Waals surface area contributed by atoms with Crippen molar-refractivity contribution >= 4 is 10.9 Å². The van der Waals surface area contributed by atoms with Crippen LogP contribution in [0.25, 0.3) is 10.9 Å². The van der Waals surface area contributed by atoms with Crippen molar-refractivity contribution in [3.63, 3.8) is 0 Å². The van der Waals surface area contributed by atoms with Gasteiger partial charge in [-0.05, 0) is 29.8 Å². The third-order valence-corrected chi connectivity index (χ3v) is 2.56. The number of hydrogen-bond donors (Lipinski definition) is 2. The summed E-state index contributed by atoms with van der Waals surface area (Å²) in [5.74, 6) is 0.742. The van der Waals surface area contributed by atoms with Crippen molar-refractivity contribution in [1.82, 2.24) is 4.98 Å². The topological polar surface area (TPSA) is 68.4 Å². The first kappa shape index (κ1) is 10.9. The molecule has 0 aliphatic rings. The summed E-state index contributed by atoms with van der Waals surface area (Å²) in [5, 5.41) is 10.7. The van der Waals surface area contributed by atoms with E-state index in [0.29, 0.717) is 0 Å². The van der Waals surface area contributed by atoms with E-state index in [1.165, 1.54) is 0 Å². The first-order chi connectivity index (χ1) is 7.76. The van der Waals surface area contributed by atoms with Crippen LogP contribution < -0.4 is 10.5 Å². The van der Waals surface area contributed by atoms with Crippen molar-refractivity contribution in [2.75, 3.05) is 13.7 Å². The number of rotatable bonds is 3. The Kier molecular flexibility index (Phi) is 3.03. The first-order valence-corrected chi connectivity index (χ1v) is 5.07. The van der Waals surface area contributed by atoms with Gasteiger partial charge in [0.15, 0.2) is 0 Å². The van der Waals surface area contributed by atoms with Crippen LogP contribution >= 0.6 is 0 Å². The third-order valence-electron chi connectivity index (χ3n) is 2.56. The molecule has 0 bridgehead atoms. The van der Waals surface area contributed by atoms with Gasteiger partial charge in [-0.15, -0.1) is 0 Å². The van der Waals surface area contributed by atoms with Gasteiger partial charge in [0.2, 0.25) is 0 Å². The van der Waals surface area contributed by atoms with E-state index in [1.807, 2.05) is 18.2 Å². The summed E-state index contributed by atoms with van der Waals surface area (Å²) in [5.41, 5.74) is 7.07. The molecule has 1 aromatic carbocycles. The molecule has 3 N–H and O–H groups in total. The van der Waals surface area contributed by atoms with Crippen LogP contribution in [0.2, 0.25) is 0 Å². The van der Waals surface area contributed by atoms with Crippen molar-refractivity contribution in [1.29, 1.82) is 0 Å². The molecule has 0 amide bonds. The number of ether oxygens (including phenoxy) is 1. The largest absolute Gasteiger partial charge is 0.497 e. The van der Waals surface area contributed by atoms with Gasteiger partial charge in [-0.3, -0.25) is 4.98 Å². The number of benzene rings is 1. The average molecular weight is 218 g/mol. The van der Waals surface area contributed by atoms with Gasteiger partial charge in [0.05, 0.1) is 18.7 Å². The lowest BCUT2D eigenvalue weighted by molar-refractivity contribution is 0.188. The van der Waals surface area contributed by atoms with E-state index in [1.54, 1.807) is 19.4 Å². The minimum absolute atomic E-state index is 0.191. The van der Waals surface area contributed by atoms with Crippen LogP contribution in [-0.2, 0) is 0 Å². The number of pyridine rings is 1. The molecule has 1 unspecified atom stereocenters. The molecule has 2 aromatic rings. The molecule has 0 radical (unpaired) electrons. The summed E-state index contributed by atoms with van der Waals surface area (Å²) in [7, 11) is 1.61. The Morgan fingerprint density at radius 1 is 1.44 bits per heavy atom. The smallest absolute Gasteiger partial charge is 0.119 e. The van der Waals surface area contributed by atoms with E-state index >= 15 is 0 Å². The Bertz CT molecular complexity index is 499. The summed E-state index contributed by atoms with van der Waals surface area (Å²) < 4.78 is 5.15. The van der Waals surface area contributed by atoms with E-state index in [4.69, 9.17) is 10.5 Å². The molecule has 0 saturated heterocycles. The second kappa shape index (κ2) is 4.47. The molecule has 0 saturated carbocycles. The molecular weight excluding hydrogens is 204 g/mol. The molecule has 0 aliphatic heterocycles. The molecule has 4 heteroatoms. The van der Waals surface area contributed by atoms with Crippen molar-refractivity contribution in [3.05, 3.63) is 36.0 Å². The van der Waals surface area contributed by atoms with E-state index in [0.717, 1.165) is 22.2 Å². The highest BCUT2D eigenvalue weighted by molar-refractivity contribution is 5.83. The molecule has 84 valence electrons. The van der Waals surface area contributed by atoms with E-state index < -0.39 is 6.10 Å². The molecular formula is C12H14N2O2. The van der Waals surface area contributed by atoms with Crippen LogP contribution in [0.4, 0.5) is 0 Å². The van der Waals surface area contributed by atoms with Gasteiger partial charge in [0.25, 0.3) is 0 Å². The Labute approximate surface area is 93.7 Å². The Morgan fingerprint density at radius 2 is 2.25 bits per heavy atom. The zero-order valence-corrected chi connectivity index (χ0v) is 9.05. The van der Waals surface area contributed by atoms with Crippen molar-refractivity contribution < 1.29 is 9.84 Å². The zero-order valence-electron chi connectivity index (χ0n) is 9.05. The highest BCUT2D eigenvalue weighted by Gasteiger charge is 2.10. The molecule has 2 rings (SSSR count). The van der Waals surface area contributed by atoms with Crippen LogP contribution in [0.5, 0.6) is 5.75 Å². The molecule has 1 heterocycles. The van der Waals surface area contributed by atoms with E-state index in [2.05, 4.69) is 4.98 Å². The van der Waals surface area contributed by atoms with Crippen molar-refractivity contribution in [2.45, 2.75) is 6.10 Å².